The molecule has 17 heavy (non-hydrogen) atoms. The van der Waals surface area contributed by atoms with E-state index in [0.29, 0.717) is 6.54 Å². The standard InChI is InChI=1S/C13H16N2O2/c1-3-15(9-10(2)8-14)12-6-4-11(5-7-12)13(16)17/h4-7,10H,3,9H2,1-2H3,(H,16,17). The van der Waals surface area contributed by atoms with E-state index >= 15 is 0 Å². The fourth-order valence-corrected chi connectivity index (χ4v) is 1.60. The largest absolute Gasteiger partial charge is 0.478 e. The second kappa shape index (κ2) is 5.90. The van der Waals surface area contributed by atoms with Crippen molar-refractivity contribution in [1.82, 2.24) is 0 Å². The Labute approximate surface area is 101 Å². The van der Waals surface area contributed by atoms with E-state index in [0.717, 1.165) is 12.2 Å². The third kappa shape index (κ3) is 3.49. The number of anilines is 1. The first-order chi connectivity index (χ1) is 8.08. The van der Waals surface area contributed by atoms with Gasteiger partial charge in [-0.05, 0) is 38.1 Å². The maximum absolute atomic E-state index is 10.7. The van der Waals surface area contributed by atoms with E-state index in [4.69, 9.17) is 10.4 Å². The molecule has 0 spiro atoms. The molecule has 0 aliphatic heterocycles. The first-order valence-electron chi connectivity index (χ1n) is 5.56. The first-order valence-corrected chi connectivity index (χ1v) is 5.56. The highest BCUT2D eigenvalue weighted by molar-refractivity contribution is 5.88. The number of carboxylic acid groups (broad SMARTS) is 1. The molecular formula is C13H16N2O2. The maximum atomic E-state index is 10.7. The molecule has 1 aromatic carbocycles. The molecule has 1 N–H and O–H groups in total. The molecular weight excluding hydrogens is 216 g/mol. The zero-order chi connectivity index (χ0) is 12.8. The van der Waals surface area contributed by atoms with E-state index in [2.05, 4.69) is 11.0 Å². The molecule has 4 heteroatoms. The normalized spacial score (nSPS) is 11.6. The van der Waals surface area contributed by atoms with Gasteiger partial charge in [-0.2, -0.15) is 5.26 Å². The van der Waals surface area contributed by atoms with Crippen molar-refractivity contribution in [3.8, 4) is 6.07 Å². The Kier molecular flexibility index (Phi) is 4.53. The quantitative estimate of drug-likeness (QED) is 0.846. The van der Waals surface area contributed by atoms with Crippen LogP contribution in [0.25, 0.3) is 0 Å². The van der Waals surface area contributed by atoms with E-state index in [-0.39, 0.29) is 11.5 Å². The fraction of sp³-hybridized carbons (Fsp3) is 0.385. The van der Waals surface area contributed by atoms with Gasteiger partial charge in [-0.1, -0.05) is 0 Å². The van der Waals surface area contributed by atoms with Crippen molar-refractivity contribution in [1.29, 1.82) is 5.26 Å². The van der Waals surface area contributed by atoms with E-state index in [1.54, 1.807) is 24.3 Å². The van der Waals surface area contributed by atoms with Gasteiger partial charge in [0, 0.05) is 18.8 Å². The van der Waals surface area contributed by atoms with Gasteiger partial charge in [0.05, 0.1) is 17.6 Å². The molecule has 0 bridgehead atoms. The summed E-state index contributed by atoms with van der Waals surface area (Å²) in [5, 5.41) is 17.6. The maximum Gasteiger partial charge on any atom is 0.335 e. The van der Waals surface area contributed by atoms with Crippen LogP contribution in [0.3, 0.4) is 0 Å². The van der Waals surface area contributed by atoms with Crippen LogP contribution in [0, 0.1) is 17.2 Å². The highest BCUT2D eigenvalue weighted by Gasteiger charge is 2.09. The summed E-state index contributed by atoms with van der Waals surface area (Å²) in [6, 6.07) is 8.90. The van der Waals surface area contributed by atoms with Crippen LogP contribution in [-0.4, -0.2) is 24.2 Å². The Bertz CT molecular complexity index is 420. The molecule has 0 aromatic heterocycles. The molecule has 0 saturated heterocycles. The molecule has 0 amide bonds. The summed E-state index contributed by atoms with van der Waals surface area (Å²) < 4.78 is 0. The van der Waals surface area contributed by atoms with Gasteiger partial charge in [0.1, 0.15) is 0 Å². The number of aromatic carboxylic acids is 1. The van der Waals surface area contributed by atoms with Gasteiger partial charge in [0.25, 0.3) is 0 Å². The minimum absolute atomic E-state index is 0.0471. The van der Waals surface area contributed by atoms with Crippen LogP contribution in [-0.2, 0) is 0 Å². The highest BCUT2D eigenvalue weighted by Crippen LogP contribution is 2.16. The van der Waals surface area contributed by atoms with E-state index in [1.165, 1.54) is 0 Å². The lowest BCUT2D eigenvalue weighted by molar-refractivity contribution is 0.0697. The average molecular weight is 232 g/mol. The van der Waals surface area contributed by atoms with E-state index in [1.807, 2.05) is 13.8 Å². The van der Waals surface area contributed by atoms with Gasteiger partial charge in [-0.25, -0.2) is 4.79 Å². The Morgan fingerprint density at radius 1 is 1.47 bits per heavy atom. The average Bonchev–Trinajstić information content (AvgIpc) is 2.35. The van der Waals surface area contributed by atoms with Gasteiger partial charge in [-0.15, -0.1) is 0 Å². The number of carboxylic acids is 1. The smallest absolute Gasteiger partial charge is 0.335 e. The van der Waals surface area contributed by atoms with Crippen LogP contribution in [0.4, 0.5) is 5.69 Å². The van der Waals surface area contributed by atoms with Gasteiger partial charge in [0.2, 0.25) is 0 Å². The molecule has 4 nitrogen and oxygen atoms in total. The van der Waals surface area contributed by atoms with Crippen LogP contribution in [0.2, 0.25) is 0 Å². The molecule has 1 unspecified atom stereocenters. The van der Waals surface area contributed by atoms with Gasteiger partial charge >= 0.3 is 5.97 Å². The Morgan fingerprint density at radius 2 is 2.06 bits per heavy atom. The summed E-state index contributed by atoms with van der Waals surface area (Å²) in [7, 11) is 0. The minimum atomic E-state index is -0.926. The third-order valence-corrected chi connectivity index (χ3v) is 2.58. The van der Waals surface area contributed by atoms with E-state index < -0.39 is 5.97 Å². The monoisotopic (exact) mass is 232 g/mol. The van der Waals surface area contributed by atoms with E-state index in [9.17, 15) is 4.79 Å². The molecule has 0 saturated carbocycles. The predicted octanol–water partition coefficient (Wildman–Crippen LogP) is 2.37. The van der Waals surface area contributed by atoms with Crippen molar-refractivity contribution in [3.63, 3.8) is 0 Å². The van der Waals surface area contributed by atoms with Crippen molar-refractivity contribution in [2.24, 2.45) is 5.92 Å². The van der Waals surface area contributed by atoms with Gasteiger partial charge in [0.15, 0.2) is 0 Å². The van der Waals surface area contributed by atoms with Crippen LogP contribution in [0.1, 0.15) is 24.2 Å². The Hall–Kier alpha value is -2.02. The molecule has 0 radical (unpaired) electrons. The summed E-state index contributed by atoms with van der Waals surface area (Å²) in [5.41, 5.74) is 1.22. The molecule has 1 atom stereocenters. The number of nitrogens with zero attached hydrogens (tertiary/aromatic N) is 2. The highest BCUT2D eigenvalue weighted by atomic mass is 16.4. The number of nitriles is 1. The SMILES string of the molecule is CCN(CC(C)C#N)c1ccc(C(=O)O)cc1. The fourth-order valence-electron chi connectivity index (χ4n) is 1.60. The predicted molar refractivity (Wildman–Crippen MR) is 66.1 cm³/mol. The number of rotatable bonds is 5. The number of carbonyl (C=O) groups is 1. The topological polar surface area (TPSA) is 64.3 Å². The third-order valence-electron chi connectivity index (χ3n) is 2.58. The lowest BCUT2D eigenvalue weighted by Gasteiger charge is -2.24. The molecule has 0 heterocycles. The summed E-state index contributed by atoms with van der Waals surface area (Å²) >= 11 is 0. The second-order valence-electron chi connectivity index (χ2n) is 3.92. The first kappa shape index (κ1) is 13.0. The van der Waals surface area contributed by atoms with Crippen molar-refractivity contribution in [2.75, 3.05) is 18.0 Å². The zero-order valence-electron chi connectivity index (χ0n) is 10.1. The number of benzene rings is 1. The van der Waals surface area contributed by atoms with Crippen molar-refractivity contribution in [3.05, 3.63) is 29.8 Å². The number of hydrogen-bond donors (Lipinski definition) is 1. The molecule has 90 valence electrons. The van der Waals surface area contributed by atoms with Crippen molar-refractivity contribution in [2.45, 2.75) is 13.8 Å². The summed E-state index contributed by atoms with van der Waals surface area (Å²) in [4.78, 5) is 12.8. The van der Waals surface area contributed by atoms with Crippen LogP contribution in [0.15, 0.2) is 24.3 Å². The molecule has 0 aliphatic rings. The minimum Gasteiger partial charge on any atom is -0.478 e. The van der Waals surface area contributed by atoms with Crippen LogP contribution < -0.4 is 4.90 Å². The molecule has 1 aromatic rings. The van der Waals surface area contributed by atoms with Crippen molar-refractivity contribution < 1.29 is 9.90 Å². The Morgan fingerprint density at radius 3 is 2.47 bits per heavy atom. The second-order valence-corrected chi connectivity index (χ2v) is 3.92. The Balaban J connectivity index is 2.83. The summed E-state index contributed by atoms with van der Waals surface area (Å²) in [6.45, 7) is 5.32. The van der Waals surface area contributed by atoms with Gasteiger partial charge < -0.3 is 10.0 Å². The van der Waals surface area contributed by atoms with Gasteiger partial charge in [-0.3, -0.25) is 0 Å². The van der Waals surface area contributed by atoms with Crippen molar-refractivity contribution >= 4 is 11.7 Å². The molecule has 0 aliphatic carbocycles. The summed E-state index contributed by atoms with van der Waals surface area (Å²) in [5.74, 6) is -0.973. The zero-order valence-corrected chi connectivity index (χ0v) is 10.1. The lowest BCUT2D eigenvalue weighted by atomic mass is 10.1. The molecule has 1 rings (SSSR count). The molecule has 0 fully saturated rings. The summed E-state index contributed by atoms with van der Waals surface area (Å²) in [6.07, 6.45) is 0. The lowest BCUT2D eigenvalue weighted by Crippen LogP contribution is -2.27. The van der Waals surface area contributed by atoms with Crippen LogP contribution >= 0.6 is 0 Å². The number of hydrogen-bond acceptors (Lipinski definition) is 3. The van der Waals surface area contributed by atoms with Crippen LogP contribution in [0.5, 0.6) is 0 Å².